The topological polar surface area (TPSA) is 88.2 Å². The highest BCUT2D eigenvalue weighted by Crippen LogP contribution is 2.33. The summed E-state index contributed by atoms with van der Waals surface area (Å²) in [7, 11) is 1.72. The van der Waals surface area contributed by atoms with E-state index in [4.69, 9.17) is 21.1 Å². The number of halogens is 2. The van der Waals surface area contributed by atoms with E-state index in [0.29, 0.717) is 24.6 Å². The molecule has 11 heteroatoms. The summed E-state index contributed by atoms with van der Waals surface area (Å²) in [6.45, 7) is 3.71. The number of hydrogen-bond donors (Lipinski definition) is 1. The predicted molar refractivity (Wildman–Crippen MR) is 178 cm³/mol. The van der Waals surface area contributed by atoms with Crippen LogP contribution in [0.15, 0.2) is 41.8 Å². The molecule has 2 aliphatic heterocycles. The number of hydrogen-bond acceptors (Lipinski definition) is 7. The molecule has 3 aliphatic rings. The quantitative estimate of drug-likeness (QED) is 0.231. The standard InChI is InChI=1S/C35H41ClFN3O5S/c1-44-11-10-23-16-39(17-23)25-14-26(20-45-27-8-6-22(19-41)7-9-27)40(18-25)34(42)13-24-12-30(36)32(15-31(24)37)38-35(43)29-21-46-33-5-3-2-4-28(29)33/h2-5,12,15,19,21-23,25-27H,6-11,13-14,16-18,20H2,1H3,(H,38,43)/t22?,25-,26-,27?/m0/s1. The lowest BCUT2D eigenvalue weighted by Crippen LogP contribution is -2.53. The van der Waals surface area contributed by atoms with Gasteiger partial charge in [-0.3, -0.25) is 14.5 Å². The maximum atomic E-state index is 15.4. The molecule has 1 saturated carbocycles. The van der Waals surface area contributed by atoms with Crippen LogP contribution >= 0.6 is 22.9 Å². The van der Waals surface area contributed by atoms with Gasteiger partial charge in [0, 0.05) is 60.8 Å². The van der Waals surface area contributed by atoms with Crippen molar-refractivity contribution in [2.75, 3.05) is 45.3 Å². The molecule has 2 saturated heterocycles. The van der Waals surface area contributed by atoms with E-state index in [1.54, 1.807) is 12.5 Å². The van der Waals surface area contributed by atoms with Gasteiger partial charge >= 0.3 is 0 Å². The lowest BCUT2D eigenvalue weighted by molar-refractivity contribution is -0.133. The number of thiophene rings is 1. The highest BCUT2D eigenvalue weighted by Gasteiger charge is 2.42. The van der Waals surface area contributed by atoms with Crippen LogP contribution in [0.3, 0.4) is 0 Å². The van der Waals surface area contributed by atoms with Gasteiger partial charge in [0.25, 0.3) is 5.91 Å². The Kier molecular flexibility index (Phi) is 10.7. The summed E-state index contributed by atoms with van der Waals surface area (Å²) in [4.78, 5) is 42.3. The van der Waals surface area contributed by atoms with E-state index >= 15 is 4.39 Å². The van der Waals surface area contributed by atoms with E-state index in [-0.39, 0.29) is 58.6 Å². The SMILES string of the molecule is COCCC1CN([C@H]2C[C@@H](COC3CCC(C=O)CC3)N(C(=O)Cc3cc(Cl)c(NC(=O)c4csc5ccccc45)cc3F)C2)C1. The molecule has 0 radical (unpaired) electrons. The molecule has 1 aromatic heterocycles. The van der Waals surface area contributed by atoms with Gasteiger partial charge in [0.2, 0.25) is 5.91 Å². The van der Waals surface area contributed by atoms with Gasteiger partial charge in [-0.25, -0.2) is 4.39 Å². The molecule has 1 N–H and O–H groups in total. The molecule has 6 rings (SSSR count). The number of likely N-dealkylation sites (tertiary alicyclic amines) is 2. The molecule has 2 aromatic carbocycles. The first-order valence-electron chi connectivity index (χ1n) is 16.2. The number of methoxy groups -OCH3 is 1. The summed E-state index contributed by atoms with van der Waals surface area (Å²) in [5.74, 6) is -0.427. The second-order valence-electron chi connectivity index (χ2n) is 12.9. The molecule has 3 heterocycles. The maximum absolute atomic E-state index is 15.4. The van der Waals surface area contributed by atoms with E-state index < -0.39 is 5.82 Å². The Balaban J connectivity index is 1.11. The van der Waals surface area contributed by atoms with Gasteiger partial charge in [0.1, 0.15) is 12.1 Å². The second kappa shape index (κ2) is 14.9. The zero-order chi connectivity index (χ0) is 32.2. The maximum Gasteiger partial charge on any atom is 0.257 e. The molecule has 1 aliphatic carbocycles. The normalized spacial score (nSPS) is 23.8. The number of amides is 2. The Morgan fingerprint density at radius 3 is 2.67 bits per heavy atom. The van der Waals surface area contributed by atoms with Crippen molar-refractivity contribution in [1.29, 1.82) is 0 Å². The summed E-state index contributed by atoms with van der Waals surface area (Å²) < 4.78 is 28.0. The van der Waals surface area contributed by atoms with Crippen molar-refractivity contribution in [1.82, 2.24) is 9.80 Å². The summed E-state index contributed by atoms with van der Waals surface area (Å²) in [6, 6.07) is 10.3. The summed E-state index contributed by atoms with van der Waals surface area (Å²) in [5, 5.41) is 5.51. The highest BCUT2D eigenvalue weighted by molar-refractivity contribution is 7.17. The van der Waals surface area contributed by atoms with E-state index in [1.807, 2.05) is 29.2 Å². The van der Waals surface area contributed by atoms with Gasteiger partial charge in [0.15, 0.2) is 0 Å². The molecule has 246 valence electrons. The second-order valence-corrected chi connectivity index (χ2v) is 14.2. The number of carbonyl (C=O) groups excluding carboxylic acids is 3. The van der Waals surface area contributed by atoms with Gasteiger partial charge < -0.3 is 24.5 Å². The lowest BCUT2D eigenvalue weighted by Gasteiger charge is -2.43. The van der Waals surface area contributed by atoms with Crippen molar-refractivity contribution in [2.45, 2.75) is 63.1 Å². The van der Waals surface area contributed by atoms with Crippen LogP contribution in [0.5, 0.6) is 0 Å². The number of ether oxygens (including phenoxy) is 2. The van der Waals surface area contributed by atoms with Crippen LogP contribution < -0.4 is 5.32 Å². The molecule has 3 aromatic rings. The molecule has 0 unspecified atom stereocenters. The Hall–Kier alpha value is -2.89. The summed E-state index contributed by atoms with van der Waals surface area (Å²) in [6.07, 6.45) is 6.17. The minimum Gasteiger partial charge on any atom is -0.385 e. The van der Waals surface area contributed by atoms with E-state index in [1.165, 1.54) is 23.5 Å². The monoisotopic (exact) mass is 669 g/mol. The van der Waals surface area contributed by atoms with Crippen LogP contribution in [0, 0.1) is 17.7 Å². The van der Waals surface area contributed by atoms with Crippen LogP contribution in [0.1, 0.15) is 54.4 Å². The number of aldehydes is 1. The Bertz CT molecular complexity index is 1550. The number of benzene rings is 2. The van der Waals surface area contributed by atoms with Crippen LogP contribution in [0.25, 0.3) is 10.1 Å². The lowest BCUT2D eigenvalue weighted by atomic mass is 9.88. The third-order valence-electron chi connectivity index (χ3n) is 9.83. The number of anilines is 1. The molecule has 46 heavy (non-hydrogen) atoms. The smallest absolute Gasteiger partial charge is 0.257 e. The van der Waals surface area contributed by atoms with Crippen molar-refractivity contribution in [3.05, 3.63) is 63.7 Å². The summed E-state index contributed by atoms with van der Waals surface area (Å²) in [5.41, 5.74) is 0.846. The molecular weight excluding hydrogens is 629 g/mol. The van der Waals surface area contributed by atoms with Crippen LogP contribution in [0.4, 0.5) is 10.1 Å². The van der Waals surface area contributed by atoms with Crippen molar-refractivity contribution in [2.24, 2.45) is 11.8 Å². The molecule has 3 fully saturated rings. The number of fused-ring (bicyclic) bond motifs is 1. The third kappa shape index (κ3) is 7.47. The molecule has 0 spiro atoms. The van der Waals surface area contributed by atoms with Crippen molar-refractivity contribution < 1.29 is 28.2 Å². The third-order valence-corrected chi connectivity index (χ3v) is 11.1. The molecule has 0 bridgehead atoms. The molecule has 2 amide bonds. The van der Waals surface area contributed by atoms with Gasteiger partial charge in [-0.15, -0.1) is 11.3 Å². The van der Waals surface area contributed by atoms with E-state index in [9.17, 15) is 14.4 Å². The molecular formula is C35H41ClFN3O5S. The zero-order valence-electron chi connectivity index (χ0n) is 26.1. The summed E-state index contributed by atoms with van der Waals surface area (Å²) >= 11 is 8.00. The Labute approximate surface area is 278 Å². The number of rotatable bonds is 12. The highest BCUT2D eigenvalue weighted by atomic mass is 35.5. The first-order valence-corrected chi connectivity index (χ1v) is 17.4. The molecule has 8 nitrogen and oxygen atoms in total. The average molecular weight is 670 g/mol. The zero-order valence-corrected chi connectivity index (χ0v) is 27.7. The first-order chi connectivity index (χ1) is 22.3. The van der Waals surface area contributed by atoms with Crippen LogP contribution in [-0.4, -0.2) is 86.0 Å². The predicted octanol–water partition coefficient (Wildman–Crippen LogP) is 6.20. The average Bonchev–Trinajstić information content (AvgIpc) is 3.67. The Morgan fingerprint density at radius 2 is 1.91 bits per heavy atom. The minimum absolute atomic E-state index is 0.0840. The van der Waals surface area contributed by atoms with Crippen molar-refractivity contribution in [3.8, 4) is 0 Å². The fourth-order valence-corrected chi connectivity index (χ4v) is 8.24. The number of nitrogens with one attached hydrogen (secondary N) is 1. The van der Waals surface area contributed by atoms with E-state index in [0.717, 1.165) is 74.6 Å². The van der Waals surface area contributed by atoms with Crippen molar-refractivity contribution >= 4 is 56.8 Å². The van der Waals surface area contributed by atoms with Crippen LogP contribution in [-0.2, 0) is 25.5 Å². The largest absolute Gasteiger partial charge is 0.385 e. The fraction of sp³-hybridized carbons (Fsp3) is 0.514. The minimum atomic E-state index is -0.595. The van der Waals surface area contributed by atoms with Gasteiger partial charge in [-0.05, 0) is 68.2 Å². The van der Waals surface area contributed by atoms with E-state index in [2.05, 4.69) is 10.2 Å². The first kappa shape index (κ1) is 33.0. The number of carbonyl (C=O) groups is 3. The van der Waals surface area contributed by atoms with Gasteiger partial charge in [0.05, 0.1) is 41.4 Å². The Morgan fingerprint density at radius 1 is 1.13 bits per heavy atom. The van der Waals surface area contributed by atoms with Gasteiger partial charge in [-0.2, -0.15) is 0 Å². The van der Waals surface area contributed by atoms with Crippen LogP contribution in [0.2, 0.25) is 5.02 Å². The van der Waals surface area contributed by atoms with Gasteiger partial charge in [-0.1, -0.05) is 29.8 Å². The molecule has 2 atom stereocenters. The number of nitrogens with zero attached hydrogens (tertiary/aromatic N) is 2. The fourth-order valence-electron chi connectivity index (χ4n) is 7.06. The van der Waals surface area contributed by atoms with Crippen molar-refractivity contribution in [3.63, 3.8) is 0 Å².